The van der Waals surface area contributed by atoms with Crippen LogP contribution in [0, 0.1) is 5.41 Å². The average molecular weight is 171 g/mol. The van der Waals surface area contributed by atoms with Crippen molar-refractivity contribution >= 4 is 5.91 Å². The number of carbonyl (C=O) groups excluding carboxylic acids is 1. The number of halogens is 3. The molecule has 0 aliphatic rings. The highest BCUT2D eigenvalue weighted by Crippen LogP contribution is 2.37. The Balaban J connectivity index is 4.59. The number of carbonyl (C=O) groups is 1. The van der Waals surface area contributed by atoms with Gasteiger partial charge in [0.25, 0.3) is 5.91 Å². The predicted molar refractivity (Wildman–Crippen MR) is 29.8 cm³/mol. The molecule has 0 aromatic carbocycles. The van der Waals surface area contributed by atoms with Crippen LogP contribution in [-0.2, 0) is 4.79 Å². The lowest BCUT2D eigenvalue weighted by Crippen LogP contribution is -2.45. The summed E-state index contributed by atoms with van der Waals surface area (Å²) in [4.78, 5) is 10.4. The van der Waals surface area contributed by atoms with Crippen molar-refractivity contribution in [2.45, 2.75) is 20.0 Å². The zero-order valence-corrected chi connectivity index (χ0v) is 5.99. The van der Waals surface area contributed by atoms with Crippen molar-refractivity contribution in [1.82, 2.24) is 5.48 Å². The molecule has 0 rings (SSSR count). The number of amides is 1. The number of alkyl halides is 3. The molecule has 1 amide bonds. The molecule has 6 heteroatoms. The van der Waals surface area contributed by atoms with Crippen LogP contribution in [0.5, 0.6) is 0 Å². The van der Waals surface area contributed by atoms with E-state index in [1.165, 1.54) is 0 Å². The fourth-order valence-corrected chi connectivity index (χ4v) is 0.268. The van der Waals surface area contributed by atoms with Gasteiger partial charge in [-0.25, -0.2) is 5.48 Å². The molecule has 11 heavy (non-hydrogen) atoms. The van der Waals surface area contributed by atoms with E-state index >= 15 is 0 Å². The first kappa shape index (κ1) is 10.2. The van der Waals surface area contributed by atoms with Gasteiger partial charge in [0.1, 0.15) is 5.41 Å². The largest absolute Gasteiger partial charge is 0.402 e. The molecule has 0 saturated carbocycles. The van der Waals surface area contributed by atoms with Gasteiger partial charge in [-0.05, 0) is 13.8 Å². The molecule has 0 aliphatic heterocycles. The van der Waals surface area contributed by atoms with Crippen LogP contribution in [0.1, 0.15) is 13.8 Å². The number of hydrogen-bond acceptors (Lipinski definition) is 2. The zero-order valence-electron chi connectivity index (χ0n) is 5.99. The van der Waals surface area contributed by atoms with Crippen LogP contribution in [0.4, 0.5) is 13.2 Å². The summed E-state index contributed by atoms with van der Waals surface area (Å²) in [5, 5.41) is 7.93. The lowest BCUT2D eigenvalue weighted by Gasteiger charge is -2.24. The quantitative estimate of drug-likeness (QED) is 0.458. The summed E-state index contributed by atoms with van der Waals surface area (Å²) in [7, 11) is 0. The van der Waals surface area contributed by atoms with Crippen LogP contribution in [0.25, 0.3) is 0 Å². The minimum absolute atomic E-state index is 0.679. The summed E-state index contributed by atoms with van der Waals surface area (Å²) >= 11 is 0. The Morgan fingerprint density at radius 1 is 1.36 bits per heavy atom. The van der Waals surface area contributed by atoms with Crippen molar-refractivity contribution in [3.8, 4) is 0 Å². The second-order valence-electron chi connectivity index (χ2n) is 2.56. The standard InChI is InChI=1S/C5H8F3NO2/c1-4(2,3(10)9-11)5(6,7)8/h11H,1-2H3,(H,9,10). The van der Waals surface area contributed by atoms with Crippen LogP contribution in [0.3, 0.4) is 0 Å². The molecule has 0 atom stereocenters. The van der Waals surface area contributed by atoms with E-state index in [0.717, 1.165) is 5.48 Å². The van der Waals surface area contributed by atoms with Crippen molar-refractivity contribution < 1.29 is 23.2 Å². The summed E-state index contributed by atoms with van der Waals surface area (Å²) in [6.07, 6.45) is -4.65. The summed E-state index contributed by atoms with van der Waals surface area (Å²) in [5.41, 5.74) is -1.60. The third-order valence-electron chi connectivity index (χ3n) is 1.38. The molecule has 0 bridgehead atoms. The molecule has 0 aliphatic carbocycles. The van der Waals surface area contributed by atoms with E-state index in [1.54, 1.807) is 0 Å². The summed E-state index contributed by atoms with van der Waals surface area (Å²) < 4.78 is 35.7. The Morgan fingerprint density at radius 2 is 1.73 bits per heavy atom. The molecule has 0 heterocycles. The van der Waals surface area contributed by atoms with E-state index in [-0.39, 0.29) is 0 Å². The first-order chi connectivity index (χ1) is 4.73. The molecular formula is C5H8F3NO2. The van der Waals surface area contributed by atoms with Crippen molar-refractivity contribution in [2.75, 3.05) is 0 Å². The highest BCUT2D eigenvalue weighted by molar-refractivity contribution is 5.81. The minimum atomic E-state index is -4.65. The van der Waals surface area contributed by atoms with Gasteiger partial charge < -0.3 is 0 Å². The van der Waals surface area contributed by atoms with Gasteiger partial charge in [0.2, 0.25) is 0 Å². The molecule has 0 aromatic rings. The van der Waals surface area contributed by atoms with E-state index in [2.05, 4.69) is 0 Å². The maximum atomic E-state index is 11.9. The maximum absolute atomic E-state index is 11.9. The molecule has 0 unspecified atom stereocenters. The SMILES string of the molecule is CC(C)(C(=O)NO)C(F)(F)F. The average Bonchev–Trinajstić information content (AvgIpc) is 1.83. The van der Waals surface area contributed by atoms with Crippen LogP contribution in [-0.4, -0.2) is 17.3 Å². The van der Waals surface area contributed by atoms with Crippen molar-refractivity contribution in [1.29, 1.82) is 0 Å². The Labute approximate surface area is 61.2 Å². The summed E-state index contributed by atoms with van der Waals surface area (Å²) in [6, 6.07) is 0. The van der Waals surface area contributed by atoms with E-state index in [9.17, 15) is 18.0 Å². The van der Waals surface area contributed by atoms with Gasteiger partial charge in [0, 0.05) is 0 Å². The maximum Gasteiger partial charge on any atom is 0.402 e. The second-order valence-corrected chi connectivity index (χ2v) is 2.56. The lowest BCUT2D eigenvalue weighted by atomic mass is 9.92. The van der Waals surface area contributed by atoms with E-state index in [4.69, 9.17) is 5.21 Å². The van der Waals surface area contributed by atoms with Gasteiger partial charge in [-0.1, -0.05) is 0 Å². The summed E-state index contributed by atoms with van der Waals surface area (Å²) in [5.74, 6) is -1.47. The molecule has 0 spiro atoms. The van der Waals surface area contributed by atoms with Gasteiger partial charge in [-0.15, -0.1) is 0 Å². The van der Waals surface area contributed by atoms with Gasteiger partial charge in [-0.3, -0.25) is 10.0 Å². The van der Waals surface area contributed by atoms with Gasteiger partial charge >= 0.3 is 6.18 Å². The molecule has 0 saturated heterocycles. The van der Waals surface area contributed by atoms with Crippen molar-refractivity contribution in [3.05, 3.63) is 0 Å². The van der Waals surface area contributed by atoms with Crippen LogP contribution < -0.4 is 5.48 Å². The highest BCUT2D eigenvalue weighted by Gasteiger charge is 2.52. The highest BCUT2D eigenvalue weighted by atomic mass is 19.4. The Kier molecular flexibility index (Phi) is 2.50. The van der Waals surface area contributed by atoms with Crippen molar-refractivity contribution in [2.24, 2.45) is 5.41 Å². The molecule has 0 aromatic heterocycles. The smallest absolute Gasteiger partial charge is 0.289 e. The predicted octanol–water partition coefficient (Wildman–Crippen LogP) is 1.08. The number of nitrogens with one attached hydrogen (secondary N) is 1. The molecular weight excluding hydrogens is 163 g/mol. The topological polar surface area (TPSA) is 49.3 Å². The Bertz CT molecular complexity index is 164. The number of rotatable bonds is 1. The molecule has 0 radical (unpaired) electrons. The van der Waals surface area contributed by atoms with E-state index in [1.807, 2.05) is 0 Å². The molecule has 2 N–H and O–H groups in total. The zero-order chi connectivity index (χ0) is 9.28. The fraction of sp³-hybridized carbons (Fsp3) is 0.800. The first-order valence-electron chi connectivity index (χ1n) is 2.74. The Morgan fingerprint density at radius 3 is 1.82 bits per heavy atom. The molecule has 3 nitrogen and oxygen atoms in total. The summed E-state index contributed by atoms with van der Waals surface area (Å²) in [6.45, 7) is 1.36. The first-order valence-corrected chi connectivity index (χ1v) is 2.74. The van der Waals surface area contributed by atoms with E-state index < -0.39 is 17.5 Å². The second kappa shape index (κ2) is 2.69. The third kappa shape index (κ3) is 1.83. The van der Waals surface area contributed by atoms with Crippen LogP contribution in [0.2, 0.25) is 0 Å². The van der Waals surface area contributed by atoms with Crippen molar-refractivity contribution in [3.63, 3.8) is 0 Å². The molecule has 66 valence electrons. The number of hydrogen-bond donors (Lipinski definition) is 2. The van der Waals surface area contributed by atoms with Crippen LogP contribution >= 0.6 is 0 Å². The van der Waals surface area contributed by atoms with E-state index in [0.29, 0.717) is 13.8 Å². The van der Waals surface area contributed by atoms with Crippen LogP contribution in [0.15, 0.2) is 0 Å². The minimum Gasteiger partial charge on any atom is -0.289 e. The number of hydroxylamine groups is 1. The van der Waals surface area contributed by atoms with Gasteiger partial charge in [-0.2, -0.15) is 13.2 Å². The lowest BCUT2D eigenvalue weighted by molar-refractivity contribution is -0.215. The fourth-order valence-electron chi connectivity index (χ4n) is 0.268. The third-order valence-corrected chi connectivity index (χ3v) is 1.38. The van der Waals surface area contributed by atoms with Gasteiger partial charge in [0.15, 0.2) is 0 Å². The molecule has 0 fully saturated rings. The normalized spacial score (nSPS) is 12.9. The van der Waals surface area contributed by atoms with Gasteiger partial charge in [0.05, 0.1) is 0 Å². The Hall–Kier alpha value is -0.780. The monoisotopic (exact) mass is 171 g/mol.